The molecular weight excluding hydrogens is 523 g/mol. The minimum atomic E-state index is -7.34. The summed E-state index contributed by atoms with van der Waals surface area (Å²) in [6.45, 7) is 0. The van der Waals surface area contributed by atoms with Gasteiger partial charge < -0.3 is 0 Å². The summed E-state index contributed by atoms with van der Waals surface area (Å²) >= 11 is 2.92. The molecule has 0 saturated heterocycles. The maximum absolute atomic E-state index is 13.5. The second-order valence-corrected chi connectivity index (χ2v) is 11.3. The molecule has 0 saturated carbocycles. The van der Waals surface area contributed by atoms with Crippen molar-refractivity contribution in [3.8, 4) is 0 Å². The average molecular weight is 528 g/mol. The summed E-state index contributed by atoms with van der Waals surface area (Å²) in [5.41, 5.74) is 0. The van der Waals surface area contributed by atoms with Crippen LogP contribution < -0.4 is 0 Å². The van der Waals surface area contributed by atoms with Crippen molar-refractivity contribution < 1.29 is 51.6 Å². The highest BCUT2D eigenvalue weighted by Crippen LogP contribution is 2.55. The van der Waals surface area contributed by atoms with Crippen molar-refractivity contribution in [1.29, 1.82) is 0 Å². The number of hydrogen-bond donors (Lipinski definition) is 0. The van der Waals surface area contributed by atoms with Gasteiger partial charge in [-0.3, -0.25) is 0 Å². The molecule has 2 heterocycles. The summed E-state index contributed by atoms with van der Waals surface area (Å²) in [5, 5.41) is -5.13. The van der Waals surface area contributed by atoms with E-state index >= 15 is 0 Å². The molecule has 0 radical (unpaired) electrons. The third-order valence-electron chi connectivity index (χ3n) is 2.89. The van der Waals surface area contributed by atoms with Crippen LogP contribution in [0.1, 0.15) is 0 Å². The van der Waals surface area contributed by atoms with Gasteiger partial charge in [-0.2, -0.15) is 51.6 Å². The normalized spacial score (nSPS) is 14.4. The van der Waals surface area contributed by atoms with E-state index in [0.717, 1.165) is 21.6 Å². The lowest BCUT2D eigenvalue weighted by atomic mass is 10.1. The van der Waals surface area contributed by atoms with Gasteiger partial charge in [-0.15, -0.1) is 22.7 Å². The number of halogens is 9. The largest absolute Gasteiger partial charge is 0.460 e. The molecule has 2 aromatic heterocycles. The topological polar surface area (TPSA) is 43.4 Å². The quantitative estimate of drug-likeness (QED) is 0.281. The summed E-state index contributed by atoms with van der Waals surface area (Å²) in [4.78, 5) is 0. The molecule has 0 fully saturated rings. The fourth-order valence-corrected chi connectivity index (χ4v) is 6.70. The summed E-state index contributed by atoms with van der Waals surface area (Å²) in [6, 6.07) is 6.01. The maximum Gasteiger partial charge on any atom is 0.460 e. The van der Waals surface area contributed by atoms with E-state index in [-0.39, 0.29) is 4.21 Å². The third kappa shape index (κ3) is 4.68. The van der Waals surface area contributed by atoms with Crippen molar-refractivity contribution in [1.82, 2.24) is 0 Å². The van der Waals surface area contributed by atoms with Gasteiger partial charge in [-0.25, -0.2) is 0 Å². The smallest absolute Gasteiger partial charge is 0.192 e. The van der Waals surface area contributed by atoms with Crippen molar-refractivity contribution in [3.63, 3.8) is 0 Å². The molecule has 0 aliphatic heterocycles. The zero-order chi connectivity index (χ0) is 22.3. The molecule has 164 valence electrons. The Morgan fingerprint density at radius 1 is 0.828 bits per heavy atom. The van der Waals surface area contributed by atoms with Crippen LogP contribution in [0.4, 0.5) is 39.5 Å². The summed E-state index contributed by atoms with van der Waals surface area (Å²) in [6.07, 6.45) is -7.13. The van der Waals surface area contributed by atoms with E-state index in [1.807, 2.05) is 0 Å². The Bertz CT molecular complexity index is 935. The van der Waals surface area contributed by atoms with Gasteiger partial charge in [0.25, 0.3) is 0 Å². The predicted molar refractivity (Wildman–Crippen MR) is 89.5 cm³/mol. The molecule has 0 spiro atoms. The van der Waals surface area contributed by atoms with Gasteiger partial charge in [0.1, 0.15) is 0 Å². The maximum atomic E-state index is 13.5. The molecule has 0 aromatic carbocycles. The highest BCUT2D eigenvalue weighted by Gasteiger charge is 2.85. The Morgan fingerprint density at radius 3 is 1.93 bits per heavy atom. The van der Waals surface area contributed by atoms with Crippen molar-refractivity contribution in [2.75, 3.05) is 0 Å². The van der Waals surface area contributed by atoms with Gasteiger partial charge in [0, 0.05) is 0 Å². The first-order chi connectivity index (χ1) is 13.0. The van der Waals surface area contributed by atoms with Crippen LogP contribution in [0.3, 0.4) is 0 Å². The molecule has 0 aliphatic rings. The van der Waals surface area contributed by atoms with Crippen LogP contribution in [0.15, 0.2) is 42.3 Å². The molecule has 0 unspecified atom stereocenters. The first kappa shape index (κ1) is 24.6. The number of hydrogen-bond acceptors (Lipinski definition) is 7. The molecule has 0 amide bonds. The summed E-state index contributed by atoms with van der Waals surface area (Å²) in [5.74, 6) is -14.7. The second kappa shape index (κ2) is 8.14. The lowest BCUT2D eigenvalue weighted by Crippen LogP contribution is -2.63. The van der Waals surface area contributed by atoms with Crippen LogP contribution in [0.2, 0.25) is 0 Å². The van der Waals surface area contributed by atoms with Crippen molar-refractivity contribution >= 4 is 56.6 Å². The van der Waals surface area contributed by atoms with Crippen LogP contribution in [-0.4, -0.2) is 31.7 Å². The Kier molecular flexibility index (Phi) is 6.92. The van der Waals surface area contributed by atoms with Gasteiger partial charge >= 0.3 is 33.4 Å². The van der Waals surface area contributed by atoms with E-state index in [4.69, 9.17) is 0 Å². The molecule has 17 heteroatoms. The first-order valence-corrected chi connectivity index (χ1v) is 11.3. The molecule has 29 heavy (non-hydrogen) atoms. The highest BCUT2D eigenvalue weighted by atomic mass is 32.3. The van der Waals surface area contributed by atoms with Gasteiger partial charge in [0.2, 0.25) is 0 Å². The monoisotopic (exact) mass is 528 g/mol. The van der Waals surface area contributed by atoms with Gasteiger partial charge in [-0.05, 0) is 23.6 Å². The number of alkyl halides is 9. The molecule has 2 rings (SSSR count). The van der Waals surface area contributed by atoms with Crippen LogP contribution in [-0.2, 0) is 13.7 Å². The molecule has 2 aromatic rings. The van der Waals surface area contributed by atoms with Crippen molar-refractivity contribution in [3.05, 3.63) is 29.6 Å². The minimum absolute atomic E-state index is 0.158. The fraction of sp³-hybridized carbons (Fsp3) is 0.333. The molecule has 0 atom stereocenters. The Labute approximate surface area is 173 Å². The van der Waals surface area contributed by atoms with E-state index in [1.54, 1.807) is 17.5 Å². The number of thiophene rings is 2. The van der Waals surface area contributed by atoms with Crippen LogP contribution in [0.25, 0.3) is 0 Å². The van der Waals surface area contributed by atoms with E-state index < -0.39 is 45.4 Å². The van der Waals surface area contributed by atoms with E-state index in [9.17, 15) is 47.9 Å². The predicted octanol–water partition coefficient (Wildman–Crippen LogP) is 6.74. The van der Waals surface area contributed by atoms with Crippen molar-refractivity contribution in [2.45, 2.75) is 35.9 Å². The van der Waals surface area contributed by atoms with E-state index in [2.05, 4.69) is 3.63 Å². The zero-order valence-corrected chi connectivity index (χ0v) is 17.1. The number of rotatable bonds is 8. The summed E-state index contributed by atoms with van der Waals surface area (Å²) < 4.78 is 143. The zero-order valence-electron chi connectivity index (χ0n) is 13.1. The van der Waals surface area contributed by atoms with Crippen LogP contribution in [0, 0.1) is 0 Å². The SMILES string of the molecule is O=S(=O)(OSc1ccc(Sc2cccs2)s1)C(F)(F)C(F)(F)C(F)(F)C(F)(F)F. The third-order valence-corrected chi connectivity index (χ3v) is 8.57. The Morgan fingerprint density at radius 2 is 1.41 bits per heavy atom. The molecular formula is C12H5F9O3S5. The van der Waals surface area contributed by atoms with Crippen molar-refractivity contribution in [2.24, 2.45) is 0 Å². The Balaban J connectivity index is 2.16. The lowest BCUT2D eigenvalue weighted by molar-refractivity contribution is -0.382. The second-order valence-electron chi connectivity index (χ2n) is 4.88. The fourth-order valence-electron chi connectivity index (χ4n) is 1.46. The van der Waals surface area contributed by atoms with Gasteiger partial charge in [0.15, 0.2) is 0 Å². The van der Waals surface area contributed by atoms with Crippen LogP contribution in [0.5, 0.6) is 0 Å². The first-order valence-electron chi connectivity index (χ1n) is 6.65. The minimum Gasteiger partial charge on any atom is -0.192 e. The van der Waals surface area contributed by atoms with E-state index in [0.29, 0.717) is 4.21 Å². The lowest BCUT2D eigenvalue weighted by Gasteiger charge is -2.32. The standard InChI is InChI=1S/C12H5F9O3S5/c13-9(14,11(17,18)19)10(15,16)12(20,21)29(22,23)24-28-8-4-3-7(27-8)26-6-2-1-5-25-6/h1-5H. The molecule has 3 nitrogen and oxygen atoms in total. The van der Waals surface area contributed by atoms with Gasteiger partial charge in [-0.1, -0.05) is 17.8 Å². The van der Waals surface area contributed by atoms with Crippen LogP contribution >= 0.6 is 46.5 Å². The Hall–Kier alpha value is -0.620. The highest BCUT2D eigenvalue weighted by molar-refractivity contribution is 8.06. The summed E-state index contributed by atoms with van der Waals surface area (Å²) in [7, 11) is -6.90. The molecule has 0 bridgehead atoms. The van der Waals surface area contributed by atoms with Gasteiger partial charge in [0.05, 0.1) is 24.7 Å². The molecule has 0 N–H and O–H groups in total. The average Bonchev–Trinajstić information content (AvgIpc) is 3.24. The van der Waals surface area contributed by atoms with E-state index in [1.165, 1.54) is 29.2 Å². The molecule has 0 aliphatic carbocycles.